The molecule has 0 aliphatic carbocycles. The van der Waals surface area contributed by atoms with Gasteiger partial charge in [-0.25, -0.2) is 4.98 Å². The summed E-state index contributed by atoms with van der Waals surface area (Å²) in [5.41, 5.74) is -0.776. The number of amides is 1. The predicted octanol–water partition coefficient (Wildman–Crippen LogP) is 4.18. The number of pyridine rings is 1. The van der Waals surface area contributed by atoms with Crippen LogP contribution in [0.3, 0.4) is 0 Å². The second-order valence-corrected chi connectivity index (χ2v) is 6.70. The maximum atomic E-state index is 12.8. The van der Waals surface area contributed by atoms with Crippen molar-refractivity contribution < 1.29 is 28.2 Å². The number of carbonyl (C=O) groups excluding carboxylic acids is 1. The van der Waals surface area contributed by atoms with E-state index in [0.29, 0.717) is 5.56 Å². The number of halogens is 3. The van der Waals surface area contributed by atoms with Crippen LogP contribution in [0.25, 0.3) is 17.5 Å². The highest BCUT2D eigenvalue weighted by atomic mass is 32.1. The van der Waals surface area contributed by atoms with E-state index in [-0.39, 0.29) is 27.8 Å². The van der Waals surface area contributed by atoms with Crippen molar-refractivity contribution in [3.05, 3.63) is 58.6 Å². The van der Waals surface area contributed by atoms with Crippen LogP contribution in [-0.4, -0.2) is 26.1 Å². The minimum atomic E-state index is -4.53. The molecule has 0 spiro atoms. The third-order valence-corrected chi connectivity index (χ3v) is 4.51. The molecule has 0 bridgehead atoms. The lowest BCUT2D eigenvalue weighted by Gasteiger charge is -2.06. The molecule has 0 aliphatic heterocycles. The van der Waals surface area contributed by atoms with E-state index in [4.69, 9.17) is 0 Å². The van der Waals surface area contributed by atoms with Gasteiger partial charge in [0, 0.05) is 11.6 Å². The average Bonchev–Trinajstić information content (AvgIpc) is 3.16. The first-order valence-corrected chi connectivity index (χ1v) is 8.99. The molecular weight excluding hydrogens is 421 g/mol. The minimum Gasteiger partial charge on any atom is -0.504 e. The van der Waals surface area contributed by atoms with E-state index in [9.17, 15) is 33.4 Å². The number of carbonyl (C=O) groups is 1. The fraction of sp³-hybridized carbons (Fsp3) is 0.0526. The fourth-order valence-corrected chi connectivity index (χ4v) is 3.01. The highest BCUT2D eigenvalue weighted by Gasteiger charge is 2.31. The molecule has 3 rings (SSSR count). The number of aromatic nitrogens is 2. The Morgan fingerprint density at radius 2 is 1.93 bits per heavy atom. The molecular formula is C19H11F3N4O3S. The summed E-state index contributed by atoms with van der Waals surface area (Å²) < 4.78 is 38.5. The summed E-state index contributed by atoms with van der Waals surface area (Å²) in [6.07, 6.45) is -2.32. The zero-order valence-electron chi connectivity index (χ0n) is 14.8. The van der Waals surface area contributed by atoms with Crippen LogP contribution in [0, 0.1) is 11.3 Å². The number of alkyl halides is 3. The lowest BCUT2D eigenvalue weighted by Crippen LogP contribution is -2.13. The second-order valence-electron chi connectivity index (χ2n) is 5.84. The maximum absolute atomic E-state index is 12.8. The number of benzene rings is 1. The van der Waals surface area contributed by atoms with Gasteiger partial charge in [-0.05, 0) is 35.9 Å². The van der Waals surface area contributed by atoms with E-state index in [1.54, 1.807) is 6.07 Å². The second kappa shape index (κ2) is 8.22. The Bertz CT molecular complexity index is 1180. The smallest absolute Gasteiger partial charge is 0.416 e. The van der Waals surface area contributed by atoms with Crippen molar-refractivity contribution in [3.63, 3.8) is 0 Å². The van der Waals surface area contributed by atoms with Gasteiger partial charge in [0.05, 0.1) is 11.3 Å². The molecule has 0 saturated carbocycles. The lowest BCUT2D eigenvalue weighted by atomic mass is 10.1. The molecule has 7 nitrogen and oxygen atoms in total. The number of nitrogens with zero attached hydrogens (tertiary/aromatic N) is 3. The summed E-state index contributed by atoms with van der Waals surface area (Å²) in [6, 6.07) is 7.15. The Hall–Kier alpha value is -3.91. The van der Waals surface area contributed by atoms with Crippen molar-refractivity contribution in [2.75, 3.05) is 5.32 Å². The molecule has 152 valence electrons. The van der Waals surface area contributed by atoms with Gasteiger partial charge in [-0.3, -0.25) is 15.1 Å². The van der Waals surface area contributed by atoms with E-state index in [2.05, 4.69) is 15.3 Å². The van der Waals surface area contributed by atoms with Crippen molar-refractivity contribution in [2.45, 2.75) is 6.18 Å². The number of aromatic hydroxyl groups is 2. The van der Waals surface area contributed by atoms with Crippen LogP contribution in [-0.2, 0) is 11.0 Å². The topological polar surface area (TPSA) is 119 Å². The predicted molar refractivity (Wildman–Crippen MR) is 102 cm³/mol. The molecule has 0 radical (unpaired) electrons. The van der Waals surface area contributed by atoms with Crippen molar-refractivity contribution in [2.24, 2.45) is 0 Å². The number of anilines is 1. The number of thiazole rings is 1. The number of phenols is 2. The Kier molecular flexibility index (Phi) is 5.70. The van der Waals surface area contributed by atoms with Crippen LogP contribution >= 0.6 is 11.3 Å². The fourth-order valence-electron chi connectivity index (χ4n) is 2.31. The summed E-state index contributed by atoms with van der Waals surface area (Å²) in [4.78, 5) is 20.2. The maximum Gasteiger partial charge on any atom is 0.416 e. The number of phenolic OH excluding ortho intramolecular Hbond substituents is 2. The lowest BCUT2D eigenvalue weighted by molar-refractivity contribution is -0.137. The molecule has 3 N–H and O–H groups in total. The highest BCUT2D eigenvalue weighted by molar-refractivity contribution is 7.14. The largest absolute Gasteiger partial charge is 0.504 e. The Morgan fingerprint density at radius 1 is 1.17 bits per heavy atom. The highest BCUT2D eigenvalue weighted by Crippen LogP contribution is 2.32. The average molecular weight is 432 g/mol. The first-order valence-electron chi connectivity index (χ1n) is 8.11. The minimum absolute atomic E-state index is 0.0165. The normalized spacial score (nSPS) is 11.7. The third kappa shape index (κ3) is 4.73. The van der Waals surface area contributed by atoms with Gasteiger partial charge in [-0.15, -0.1) is 11.3 Å². The monoisotopic (exact) mass is 432 g/mol. The molecule has 2 aromatic heterocycles. The molecule has 2 heterocycles. The summed E-state index contributed by atoms with van der Waals surface area (Å²) in [5, 5.41) is 31.9. The summed E-state index contributed by atoms with van der Waals surface area (Å²) in [6.45, 7) is 0. The van der Waals surface area contributed by atoms with E-state index in [0.717, 1.165) is 29.7 Å². The molecule has 0 atom stereocenters. The molecule has 0 unspecified atom stereocenters. The van der Waals surface area contributed by atoms with Gasteiger partial charge in [-0.1, -0.05) is 6.07 Å². The van der Waals surface area contributed by atoms with Crippen LogP contribution in [0.15, 0.2) is 47.5 Å². The van der Waals surface area contributed by atoms with Gasteiger partial charge in [0.1, 0.15) is 17.3 Å². The van der Waals surface area contributed by atoms with E-state index in [1.807, 2.05) is 0 Å². The number of hydrogen-bond acceptors (Lipinski definition) is 7. The van der Waals surface area contributed by atoms with Crippen molar-refractivity contribution >= 4 is 28.5 Å². The Balaban J connectivity index is 1.79. The Labute approximate surface area is 171 Å². The molecule has 0 fully saturated rings. The van der Waals surface area contributed by atoms with Crippen LogP contribution in [0.2, 0.25) is 0 Å². The van der Waals surface area contributed by atoms with Crippen LogP contribution < -0.4 is 5.32 Å². The summed E-state index contributed by atoms with van der Waals surface area (Å²) >= 11 is 0.951. The molecule has 1 amide bonds. The standard InChI is InChI=1S/C19H11F3N4O3S/c20-19(21,22)12-3-4-24-13(7-12)14-9-30-18(25-14)26-17(29)11(8-23)5-10-1-2-15(27)16(28)6-10/h1-7,9,27-28H,(H,25,26,29)/b11-5+. The SMILES string of the molecule is N#C/C(=C\c1ccc(O)c(O)c1)C(=O)Nc1nc(-c2cc(C(F)(F)F)ccn2)cs1. The number of nitrogens with one attached hydrogen (secondary N) is 1. The number of nitriles is 1. The van der Waals surface area contributed by atoms with Gasteiger partial charge in [-0.2, -0.15) is 18.4 Å². The third-order valence-electron chi connectivity index (χ3n) is 3.75. The number of rotatable bonds is 4. The molecule has 0 aliphatic rings. The summed E-state index contributed by atoms with van der Waals surface area (Å²) in [5.74, 6) is -1.57. The first kappa shape index (κ1) is 20.8. The van der Waals surface area contributed by atoms with E-state index < -0.39 is 23.4 Å². The van der Waals surface area contributed by atoms with Crippen LogP contribution in [0.5, 0.6) is 11.5 Å². The van der Waals surface area contributed by atoms with Crippen LogP contribution in [0.4, 0.5) is 18.3 Å². The quantitative estimate of drug-likeness (QED) is 0.323. The van der Waals surface area contributed by atoms with Crippen molar-refractivity contribution in [3.8, 4) is 29.0 Å². The molecule has 0 saturated heterocycles. The molecule has 1 aromatic carbocycles. The molecule has 30 heavy (non-hydrogen) atoms. The van der Waals surface area contributed by atoms with Gasteiger partial charge >= 0.3 is 6.18 Å². The summed E-state index contributed by atoms with van der Waals surface area (Å²) in [7, 11) is 0. The van der Waals surface area contributed by atoms with E-state index >= 15 is 0 Å². The van der Waals surface area contributed by atoms with Crippen molar-refractivity contribution in [1.29, 1.82) is 5.26 Å². The zero-order chi connectivity index (χ0) is 21.9. The first-order chi connectivity index (χ1) is 14.2. The molecule has 11 heteroatoms. The zero-order valence-corrected chi connectivity index (χ0v) is 15.6. The van der Waals surface area contributed by atoms with Crippen LogP contribution in [0.1, 0.15) is 11.1 Å². The van der Waals surface area contributed by atoms with Gasteiger partial charge < -0.3 is 10.2 Å². The molecule has 3 aromatic rings. The number of hydrogen-bond donors (Lipinski definition) is 3. The van der Waals surface area contributed by atoms with E-state index in [1.165, 1.54) is 29.7 Å². The van der Waals surface area contributed by atoms with Gasteiger partial charge in [0.15, 0.2) is 16.6 Å². The van der Waals surface area contributed by atoms with Gasteiger partial charge in [0.2, 0.25) is 0 Å². The van der Waals surface area contributed by atoms with Crippen molar-refractivity contribution in [1.82, 2.24) is 9.97 Å². The Morgan fingerprint density at radius 3 is 2.60 bits per heavy atom. The van der Waals surface area contributed by atoms with Gasteiger partial charge in [0.25, 0.3) is 5.91 Å².